The molecule has 1 N–H and O–H groups in total. The zero-order chi connectivity index (χ0) is 21.6. The maximum Gasteiger partial charge on any atom is 0.343 e. The van der Waals surface area contributed by atoms with E-state index in [1.165, 1.54) is 6.21 Å². The van der Waals surface area contributed by atoms with E-state index in [1.54, 1.807) is 60.7 Å². The van der Waals surface area contributed by atoms with Crippen LogP contribution in [0.15, 0.2) is 76.3 Å². The minimum Gasteiger partial charge on any atom is -0.486 e. The predicted octanol–water partition coefficient (Wildman–Crippen LogP) is 4.20. The van der Waals surface area contributed by atoms with Crippen LogP contribution < -0.4 is 19.6 Å². The lowest BCUT2D eigenvalue weighted by atomic mass is 10.2. The van der Waals surface area contributed by atoms with Gasteiger partial charge in [0, 0.05) is 10.0 Å². The van der Waals surface area contributed by atoms with Crippen molar-refractivity contribution in [1.82, 2.24) is 5.43 Å². The van der Waals surface area contributed by atoms with Gasteiger partial charge in [-0.3, -0.25) is 4.79 Å². The Morgan fingerprint density at radius 3 is 2.48 bits per heavy atom. The standard InChI is InChI=1S/C23H17BrN2O5/c24-18-3-1-2-17(12-18)23(28)31-19-7-4-15(5-8-19)14-25-26-22(27)16-6-9-20-21(13-16)30-11-10-29-20/h1-9,12-14H,10-11H2,(H,26,27)/b25-14+. The number of amides is 1. The van der Waals surface area contributed by atoms with Crippen molar-refractivity contribution in [1.29, 1.82) is 0 Å². The van der Waals surface area contributed by atoms with Gasteiger partial charge in [0.1, 0.15) is 19.0 Å². The number of hydrogen-bond donors (Lipinski definition) is 1. The summed E-state index contributed by atoms with van der Waals surface area (Å²) in [5.74, 6) is 0.743. The van der Waals surface area contributed by atoms with Gasteiger partial charge in [0.25, 0.3) is 5.91 Å². The van der Waals surface area contributed by atoms with E-state index in [2.05, 4.69) is 26.5 Å². The van der Waals surface area contributed by atoms with E-state index < -0.39 is 5.97 Å². The fourth-order valence-corrected chi connectivity index (χ4v) is 3.22. The van der Waals surface area contributed by atoms with Crippen LogP contribution in [0, 0.1) is 0 Å². The molecule has 4 rings (SSSR count). The Hall–Kier alpha value is -3.65. The summed E-state index contributed by atoms with van der Waals surface area (Å²) in [6, 6.07) is 18.7. The van der Waals surface area contributed by atoms with Gasteiger partial charge < -0.3 is 14.2 Å². The van der Waals surface area contributed by atoms with Crippen molar-refractivity contribution in [3.05, 3.63) is 87.9 Å². The SMILES string of the molecule is O=C(N/N=C/c1ccc(OC(=O)c2cccc(Br)c2)cc1)c1ccc2c(c1)OCCO2. The maximum atomic E-state index is 12.3. The first-order valence-corrected chi connectivity index (χ1v) is 10.2. The predicted molar refractivity (Wildman–Crippen MR) is 118 cm³/mol. The molecule has 0 saturated heterocycles. The van der Waals surface area contributed by atoms with Crippen LogP contribution in [0.4, 0.5) is 0 Å². The van der Waals surface area contributed by atoms with E-state index in [-0.39, 0.29) is 5.91 Å². The van der Waals surface area contributed by atoms with Crippen LogP contribution in [-0.2, 0) is 0 Å². The molecule has 0 radical (unpaired) electrons. The van der Waals surface area contributed by atoms with Gasteiger partial charge in [-0.05, 0) is 66.2 Å². The number of hydrazone groups is 1. The minimum absolute atomic E-state index is 0.368. The van der Waals surface area contributed by atoms with Crippen molar-refractivity contribution in [3.8, 4) is 17.2 Å². The van der Waals surface area contributed by atoms with Gasteiger partial charge in [0.05, 0.1) is 11.8 Å². The van der Waals surface area contributed by atoms with Crippen LogP contribution >= 0.6 is 15.9 Å². The highest BCUT2D eigenvalue weighted by Gasteiger charge is 2.14. The molecular formula is C23H17BrN2O5. The van der Waals surface area contributed by atoms with Crippen molar-refractivity contribution < 1.29 is 23.8 Å². The molecule has 1 heterocycles. The van der Waals surface area contributed by atoms with E-state index in [9.17, 15) is 9.59 Å². The lowest BCUT2D eigenvalue weighted by molar-refractivity contribution is 0.0734. The summed E-state index contributed by atoms with van der Waals surface area (Å²) in [5.41, 5.74) is 4.06. The highest BCUT2D eigenvalue weighted by atomic mass is 79.9. The molecule has 0 bridgehead atoms. The van der Waals surface area contributed by atoms with Crippen LogP contribution in [-0.4, -0.2) is 31.3 Å². The lowest BCUT2D eigenvalue weighted by Gasteiger charge is -2.18. The lowest BCUT2D eigenvalue weighted by Crippen LogP contribution is -2.19. The van der Waals surface area contributed by atoms with Gasteiger partial charge in [-0.15, -0.1) is 0 Å². The van der Waals surface area contributed by atoms with Crippen LogP contribution in [0.3, 0.4) is 0 Å². The summed E-state index contributed by atoms with van der Waals surface area (Å²) in [4.78, 5) is 24.5. The first kappa shape index (κ1) is 20.6. The minimum atomic E-state index is -0.450. The molecule has 3 aromatic carbocycles. The first-order chi connectivity index (χ1) is 15.1. The number of nitrogens with zero attached hydrogens (tertiary/aromatic N) is 1. The van der Waals surface area contributed by atoms with Crippen molar-refractivity contribution in [2.45, 2.75) is 0 Å². The smallest absolute Gasteiger partial charge is 0.343 e. The van der Waals surface area contributed by atoms with E-state index in [1.807, 2.05) is 6.07 Å². The number of carbonyl (C=O) groups excluding carboxylic acids is 2. The molecule has 0 saturated carbocycles. The summed E-state index contributed by atoms with van der Waals surface area (Å²) >= 11 is 3.33. The van der Waals surface area contributed by atoms with Crippen LogP contribution in [0.1, 0.15) is 26.3 Å². The number of ether oxygens (including phenoxy) is 3. The third-order valence-electron chi connectivity index (χ3n) is 4.34. The van der Waals surface area contributed by atoms with E-state index in [0.29, 0.717) is 41.6 Å². The van der Waals surface area contributed by atoms with Gasteiger partial charge in [0.2, 0.25) is 0 Å². The zero-order valence-corrected chi connectivity index (χ0v) is 17.8. The van der Waals surface area contributed by atoms with Gasteiger partial charge in [-0.25, -0.2) is 10.2 Å². The summed E-state index contributed by atoms with van der Waals surface area (Å²) in [7, 11) is 0. The second-order valence-corrected chi connectivity index (χ2v) is 7.44. The van der Waals surface area contributed by atoms with E-state index >= 15 is 0 Å². The fraction of sp³-hybridized carbons (Fsp3) is 0.0870. The molecule has 0 aromatic heterocycles. The Bertz CT molecular complexity index is 1140. The number of carbonyl (C=O) groups is 2. The molecule has 0 unspecified atom stereocenters. The first-order valence-electron chi connectivity index (χ1n) is 9.39. The average molecular weight is 481 g/mol. The summed E-state index contributed by atoms with van der Waals surface area (Å²) in [6.07, 6.45) is 1.50. The van der Waals surface area contributed by atoms with Crippen LogP contribution in [0.25, 0.3) is 0 Å². The Morgan fingerprint density at radius 2 is 1.71 bits per heavy atom. The van der Waals surface area contributed by atoms with Crippen LogP contribution in [0.5, 0.6) is 17.2 Å². The van der Waals surface area contributed by atoms with E-state index in [4.69, 9.17) is 14.2 Å². The molecule has 0 aliphatic carbocycles. The van der Waals surface area contributed by atoms with Gasteiger partial charge >= 0.3 is 5.97 Å². The molecule has 1 amide bonds. The molecule has 1 aliphatic rings. The molecule has 0 fully saturated rings. The molecule has 0 spiro atoms. The number of fused-ring (bicyclic) bond motifs is 1. The molecule has 7 nitrogen and oxygen atoms in total. The Morgan fingerprint density at radius 1 is 0.935 bits per heavy atom. The quantitative estimate of drug-likeness (QED) is 0.256. The highest BCUT2D eigenvalue weighted by Crippen LogP contribution is 2.30. The molecule has 0 atom stereocenters. The molecular weight excluding hydrogens is 464 g/mol. The third kappa shape index (κ3) is 5.29. The number of nitrogens with one attached hydrogen (secondary N) is 1. The summed E-state index contributed by atoms with van der Waals surface area (Å²) < 4.78 is 17.1. The molecule has 8 heteroatoms. The maximum absolute atomic E-state index is 12.3. The Labute approximate surface area is 186 Å². The Balaban J connectivity index is 1.33. The zero-order valence-electron chi connectivity index (χ0n) is 16.2. The van der Waals surface area contributed by atoms with Gasteiger partial charge in [-0.2, -0.15) is 5.10 Å². The average Bonchev–Trinajstić information content (AvgIpc) is 2.80. The van der Waals surface area contributed by atoms with Crippen LogP contribution in [0.2, 0.25) is 0 Å². The molecule has 31 heavy (non-hydrogen) atoms. The third-order valence-corrected chi connectivity index (χ3v) is 4.83. The highest BCUT2D eigenvalue weighted by molar-refractivity contribution is 9.10. The number of rotatable bonds is 5. The number of hydrogen-bond acceptors (Lipinski definition) is 6. The van der Waals surface area contributed by atoms with Crippen molar-refractivity contribution in [3.63, 3.8) is 0 Å². The topological polar surface area (TPSA) is 86.2 Å². The Kier molecular flexibility index (Phi) is 6.28. The summed E-state index contributed by atoms with van der Waals surface area (Å²) in [5, 5.41) is 3.97. The van der Waals surface area contributed by atoms with Crippen molar-refractivity contribution >= 4 is 34.0 Å². The number of esters is 1. The van der Waals surface area contributed by atoms with Crippen molar-refractivity contribution in [2.75, 3.05) is 13.2 Å². The normalized spacial score (nSPS) is 12.4. The van der Waals surface area contributed by atoms with Crippen molar-refractivity contribution in [2.24, 2.45) is 5.10 Å². The number of halogens is 1. The van der Waals surface area contributed by atoms with Gasteiger partial charge in [0.15, 0.2) is 11.5 Å². The van der Waals surface area contributed by atoms with E-state index in [0.717, 1.165) is 10.0 Å². The van der Waals surface area contributed by atoms with Gasteiger partial charge in [-0.1, -0.05) is 22.0 Å². The molecule has 3 aromatic rings. The molecule has 1 aliphatic heterocycles. The second-order valence-electron chi connectivity index (χ2n) is 6.53. The molecule has 156 valence electrons. The summed E-state index contributed by atoms with van der Waals surface area (Å²) in [6.45, 7) is 0.940. The largest absolute Gasteiger partial charge is 0.486 e. The number of benzene rings is 3. The monoisotopic (exact) mass is 480 g/mol. The fourth-order valence-electron chi connectivity index (χ4n) is 2.82. The second kappa shape index (κ2) is 9.44.